The number of aryl methyl sites for hydroxylation is 1. The number of nitrogens with zero attached hydrogens (tertiary/aromatic N) is 1. The minimum Gasteiger partial charge on any atom is -0.508 e. The smallest absolute Gasteiger partial charge is 0.300 e. The van der Waals surface area contributed by atoms with Gasteiger partial charge in [-0.25, -0.2) is 0 Å². The second kappa shape index (κ2) is 8.81. The van der Waals surface area contributed by atoms with Gasteiger partial charge in [-0.3, -0.25) is 14.5 Å². The maximum atomic E-state index is 13.2. The number of phenols is 1. The molecule has 0 aliphatic carbocycles. The molecule has 0 aromatic heterocycles. The molecule has 0 bridgehead atoms. The minimum atomic E-state index is -1.03. The third-order valence-corrected chi connectivity index (χ3v) is 5.88. The van der Waals surface area contributed by atoms with Gasteiger partial charge in [-0.05, 0) is 60.5 Å². The summed E-state index contributed by atoms with van der Waals surface area (Å²) in [6, 6.07) is 14.9. The molecule has 3 aromatic rings. The van der Waals surface area contributed by atoms with E-state index in [-0.39, 0.29) is 27.7 Å². The molecule has 8 heteroatoms. The summed E-state index contributed by atoms with van der Waals surface area (Å²) in [5, 5.41) is 22.0. The number of ketones is 1. The van der Waals surface area contributed by atoms with Crippen LogP contribution in [-0.2, 0) is 9.59 Å². The van der Waals surface area contributed by atoms with E-state index in [9.17, 15) is 19.8 Å². The Hall–Kier alpha value is -3.48. The van der Waals surface area contributed by atoms with Gasteiger partial charge in [0, 0.05) is 10.7 Å². The number of rotatable bonds is 4. The highest BCUT2D eigenvalue weighted by Gasteiger charge is 2.47. The largest absolute Gasteiger partial charge is 0.508 e. The number of aromatic hydroxyl groups is 1. The van der Waals surface area contributed by atoms with E-state index in [0.717, 1.165) is 5.56 Å². The number of methoxy groups -OCH3 is 1. The SMILES string of the molecule is COc1c(Cl)cc(C)cc1/C(O)=C1\C(=O)C(=O)N(c2cccc(Cl)c2)C1c1cccc(O)c1. The number of carbonyl (C=O) groups is 2. The monoisotopic (exact) mass is 483 g/mol. The van der Waals surface area contributed by atoms with Crippen LogP contribution in [0.1, 0.15) is 22.7 Å². The molecule has 1 saturated heterocycles. The zero-order valence-corrected chi connectivity index (χ0v) is 19.2. The number of aliphatic hydroxyl groups is 1. The summed E-state index contributed by atoms with van der Waals surface area (Å²) < 4.78 is 5.37. The van der Waals surface area contributed by atoms with E-state index in [2.05, 4.69) is 0 Å². The molecule has 4 rings (SSSR count). The highest BCUT2D eigenvalue weighted by Crippen LogP contribution is 2.45. The standard InChI is InChI=1S/C25H19Cl2NO5/c1-13-9-18(24(33-2)19(27)10-13)22(30)20-21(14-5-3-8-17(29)11-14)28(25(32)23(20)31)16-7-4-6-15(26)12-16/h3-12,21,29-30H,1-2H3/b22-20+. The summed E-state index contributed by atoms with van der Waals surface area (Å²) in [4.78, 5) is 27.7. The highest BCUT2D eigenvalue weighted by molar-refractivity contribution is 6.52. The molecule has 0 spiro atoms. The second-order valence-electron chi connectivity index (χ2n) is 7.57. The molecular formula is C25H19Cl2NO5. The van der Waals surface area contributed by atoms with Gasteiger partial charge in [0.15, 0.2) is 0 Å². The van der Waals surface area contributed by atoms with Gasteiger partial charge in [-0.2, -0.15) is 0 Å². The highest BCUT2D eigenvalue weighted by atomic mass is 35.5. The van der Waals surface area contributed by atoms with Crippen molar-refractivity contribution in [3.63, 3.8) is 0 Å². The summed E-state index contributed by atoms with van der Waals surface area (Å²) in [7, 11) is 1.39. The fraction of sp³-hybridized carbons (Fsp3) is 0.120. The van der Waals surface area contributed by atoms with Crippen LogP contribution in [0.3, 0.4) is 0 Å². The van der Waals surface area contributed by atoms with E-state index in [1.54, 1.807) is 55.5 Å². The fourth-order valence-electron chi connectivity index (χ4n) is 3.99. The van der Waals surface area contributed by atoms with Crippen LogP contribution in [0.15, 0.2) is 66.2 Å². The van der Waals surface area contributed by atoms with Crippen molar-refractivity contribution in [2.24, 2.45) is 0 Å². The van der Waals surface area contributed by atoms with Crippen molar-refractivity contribution in [3.8, 4) is 11.5 Å². The van der Waals surface area contributed by atoms with E-state index in [4.69, 9.17) is 27.9 Å². The van der Waals surface area contributed by atoms with Gasteiger partial charge in [-0.1, -0.05) is 41.4 Å². The van der Waals surface area contributed by atoms with E-state index in [1.165, 1.54) is 24.1 Å². The first-order valence-electron chi connectivity index (χ1n) is 9.93. The van der Waals surface area contributed by atoms with Crippen molar-refractivity contribution >= 4 is 46.3 Å². The molecule has 1 heterocycles. The van der Waals surface area contributed by atoms with Crippen molar-refractivity contribution in [2.75, 3.05) is 12.0 Å². The number of Topliss-reactive ketones (excluding diaryl/α,β-unsaturated/α-hetero) is 1. The Labute approximate surface area is 200 Å². The van der Waals surface area contributed by atoms with Crippen LogP contribution in [0, 0.1) is 6.92 Å². The van der Waals surface area contributed by atoms with Crippen LogP contribution in [0.2, 0.25) is 10.0 Å². The van der Waals surface area contributed by atoms with Crippen LogP contribution in [0.4, 0.5) is 5.69 Å². The Morgan fingerprint density at radius 1 is 1.03 bits per heavy atom. The summed E-state index contributed by atoms with van der Waals surface area (Å²) >= 11 is 12.4. The zero-order valence-electron chi connectivity index (χ0n) is 17.7. The Morgan fingerprint density at radius 2 is 1.76 bits per heavy atom. The van der Waals surface area contributed by atoms with Crippen LogP contribution >= 0.6 is 23.2 Å². The van der Waals surface area contributed by atoms with Gasteiger partial charge >= 0.3 is 0 Å². The van der Waals surface area contributed by atoms with E-state index in [1.807, 2.05) is 0 Å². The van der Waals surface area contributed by atoms with Crippen molar-refractivity contribution < 1.29 is 24.5 Å². The number of carbonyl (C=O) groups excluding carboxylic acids is 2. The lowest BCUT2D eigenvalue weighted by molar-refractivity contribution is -0.132. The van der Waals surface area contributed by atoms with Crippen molar-refractivity contribution in [1.29, 1.82) is 0 Å². The lowest BCUT2D eigenvalue weighted by Crippen LogP contribution is -2.29. The minimum absolute atomic E-state index is 0.0552. The molecule has 33 heavy (non-hydrogen) atoms. The third-order valence-electron chi connectivity index (χ3n) is 5.36. The molecular weight excluding hydrogens is 465 g/mol. The molecule has 3 aromatic carbocycles. The maximum Gasteiger partial charge on any atom is 0.300 e. The first-order valence-corrected chi connectivity index (χ1v) is 10.7. The Balaban J connectivity index is 2.02. The van der Waals surface area contributed by atoms with Gasteiger partial charge in [-0.15, -0.1) is 0 Å². The predicted octanol–water partition coefficient (Wildman–Crippen LogP) is 5.64. The number of anilines is 1. The Morgan fingerprint density at radius 3 is 2.42 bits per heavy atom. The average molecular weight is 484 g/mol. The van der Waals surface area contributed by atoms with Gasteiger partial charge in [0.1, 0.15) is 17.3 Å². The molecule has 1 aliphatic rings. The summed E-state index contributed by atoms with van der Waals surface area (Å²) in [5.74, 6) is -2.05. The number of aliphatic hydroxyl groups excluding tert-OH is 1. The average Bonchev–Trinajstić information content (AvgIpc) is 3.03. The second-order valence-corrected chi connectivity index (χ2v) is 8.42. The molecule has 2 N–H and O–H groups in total. The Bertz CT molecular complexity index is 1320. The lowest BCUT2D eigenvalue weighted by atomic mass is 9.94. The number of benzene rings is 3. The van der Waals surface area contributed by atoms with E-state index in [0.29, 0.717) is 16.3 Å². The summed E-state index contributed by atoms with van der Waals surface area (Å²) in [6.45, 7) is 1.78. The third kappa shape index (κ3) is 4.03. The van der Waals surface area contributed by atoms with Gasteiger partial charge < -0.3 is 14.9 Å². The number of ether oxygens (including phenoxy) is 1. The van der Waals surface area contributed by atoms with Gasteiger partial charge in [0.05, 0.1) is 29.3 Å². The lowest BCUT2D eigenvalue weighted by Gasteiger charge is -2.26. The normalized spacial score (nSPS) is 17.5. The molecule has 1 amide bonds. The van der Waals surface area contributed by atoms with Crippen LogP contribution in [-0.4, -0.2) is 29.0 Å². The number of hydrogen-bond acceptors (Lipinski definition) is 5. The molecule has 1 fully saturated rings. The topological polar surface area (TPSA) is 87.1 Å². The first kappa shape index (κ1) is 22.7. The summed E-state index contributed by atoms with van der Waals surface area (Å²) in [5.41, 5.74) is 1.53. The molecule has 168 valence electrons. The quantitative estimate of drug-likeness (QED) is 0.284. The van der Waals surface area contributed by atoms with Gasteiger partial charge in [0.2, 0.25) is 0 Å². The molecule has 0 saturated carbocycles. The van der Waals surface area contributed by atoms with E-state index < -0.39 is 23.5 Å². The van der Waals surface area contributed by atoms with Crippen molar-refractivity contribution in [3.05, 3.63) is 93.0 Å². The predicted molar refractivity (Wildman–Crippen MR) is 127 cm³/mol. The molecule has 1 unspecified atom stereocenters. The number of amides is 1. The zero-order chi connectivity index (χ0) is 23.9. The number of phenolic OH excluding ortho intramolecular Hbond substituents is 1. The molecule has 1 aliphatic heterocycles. The van der Waals surface area contributed by atoms with Crippen molar-refractivity contribution in [1.82, 2.24) is 0 Å². The fourth-order valence-corrected chi connectivity index (χ4v) is 4.53. The summed E-state index contributed by atoms with van der Waals surface area (Å²) in [6.07, 6.45) is 0. The first-order chi connectivity index (χ1) is 15.7. The number of halogens is 2. The molecule has 1 atom stereocenters. The van der Waals surface area contributed by atoms with Gasteiger partial charge in [0.25, 0.3) is 11.7 Å². The van der Waals surface area contributed by atoms with Crippen molar-refractivity contribution in [2.45, 2.75) is 13.0 Å². The van der Waals surface area contributed by atoms with E-state index >= 15 is 0 Å². The maximum absolute atomic E-state index is 13.2. The van der Waals surface area contributed by atoms with Crippen LogP contribution in [0.25, 0.3) is 5.76 Å². The van der Waals surface area contributed by atoms with Crippen LogP contribution in [0.5, 0.6) is 11.5 Å². The molecule has 0 radical (unpaired) electrons. The molecule has 6 nitrogen and oxygen atoms in total. The number of hydrogen-bond donors (Lipinski definition) is 2. The Kier molecular flexibility index (Phi) is 6.06. The van der Waals surface area contributed by atoms with Crippen LogP contribution < -0.4 is 9.64 Å².